The van der Waals surface area contributed by atoms with Crippen LogP contribution < -0.4 is 0 Å². The van der Waals surface area contributed by atoms with Crippen LogP contribution in [0.3, 0.4) is 0 Å². The van der Waals surface area contributed by atoms with E-state index in [4.69, 9.17) is 0 Å². The number of aromatic nitrogens is 2. The molecule has 2 heterocycles. The van der Waals surface area contributed by atoms with Crippen LogP contribution in [-0.2, 0) is 5.41 Å². The molecular formula is C14H20N2. The summed E-state index contributed by atoms with van der Waals surface area (Å²) in [7, 11) is 0. The highest BCUT2D eigenvalue weighted by Crippen LogP contribution is 2.24. The average Bonchev–Trinajstić information content (AvgIpc) is 2.59. The minimum atomic E-state index is 0.111. The molecule has 2 nitrogen and oxygen atoms in total. The summed E-state index contributed by atoms with van der Waals surface area (Å²) in [6.07, 6.45) is 2.17. The Morgan fingerprint density at radius 3 is 2.44 bits per heavy atom. The Bertz CT molecular complexity index is 501. The molecule has 86 valence electrons. The van der Waals surface area contributed by atoms with E-state index in [2.05, 4.69) is 68.4 Å². The van der Waals surface area contributed by atoms with E-state index in [1.54, 1.807) is 0 Å². The van der Waals surface area contributed by atoms with Crippen LogP contribution in [-0.4, -0.2) is 9.38 Å². The van der Waals surface area contributed by atoms with E-state index < -0.39 is 0 Å². The molecule has 0 fully saturated rings. The van der Waals surface area contributed by atoms with E-state index in [-0.39, 0.29) is 5.41 Å². The SMILES string of the molecule is CC(C)c1cccc2nc(C(C)(C)C)cn12. The quantitative estimate of drug-likeness (QED) is 0.709. The molecule has 2 rings (SSSR count). The normalized spacial score (nSPS) is 12.6. The Labute approximate surface area is 97.3 Å². The summed E-state index contributed by atoms with van der Waals surface area (Å²) >= 11 is 0. The predicted octanol–water partition coefficient (Wildman–Crippen LogP) is 3.76. The van der Waals surface area contributed by atoms with E-state index in [0.29, 0.717) is 5.92 Å². The summed E-state index contributed by atoms with van der Waals surface area (Å²) in [5.74, 6) is 0.519. The van der Waals surface area contributed by atoms with E-state index in [1.165, 1.54) is 5.69 Å². The number of rotatable bonds is 1. The molecule has 0 radical (unpaired) electrons. The van der Waals surface area contributed by atoms with Gasteiger partial charge in [0.25, 0.3) is 0 Å². The molecule has 2 heteroatoms. The summed E-state index contributed by atoms with van der Waals surface area (Å²) in [4.78, 5) is 4.69. The third-order valence-electron chi connectivity index (χ3n) is 2.88. The van der Waals surface area contributed by atoms with E-state index in [9.17, 15) is 0 Å². The number of nitrogens with zero attached hydrogens (tertiary/aromatic N) is 2. The van der Waals surface area contributed by atoms with Gasteiger partial charge in [-0.3, -0.25) is 0 Å². The lowest BCUT2D eigenvalue weighted by Crippen LogP contribution is -2.11. The summed E-state index contributed by atoms with van der Waals surface area (Å²) in [6.45, 7) is 11.0. The van der Waals surface area contributed by atoms with Crippen LogP contribution in [0, 0.1) is 0 Å². The van der Waals surface area contributed by atoms with Crippen LogP contribution in [0.5, 0.6) is 0 Å². The third kappa shape index (κ3) is 1.84. The fraction of sp³-hybridized carbons (Fsp3) is 0.500. The second-order valence-corrected chi connectivity index (χ2v) is 5.71. The van der Waals surface area contributed by atoms with Gasteiger partial charge in [0.1, 0.15) is 5.65 Å². The number of hydrogen-bond acceptors (Lipinski definition) is 1. The lowest BCUT2D eigenvalue weighted by molar-refractivity contribution is 0.572. The first-order valence-corrected chi connectivity index (χ1v) is 5.88. The molecule has 16 heavy (non-hydrogen) atoms. The summed E-state index contributed by atoms with van der Waals surface area (Å²) in [5.41, 5.74) is 3.64. The molecular weight excluding hydrogens is 196 g/mol. The number of fused-ring (bicyclic) bond motifs is 1. The predicted molar refractivity (Wildman–Crippen MR) is 68.0 cm³/mol. The highest BCUT2D eigenvalue weighted by Gasteiger charge is 2.18. The number of hydrogen-bond donors (Lipinski definition) is 0. The van der Waals surface area contributed by atoms with Crippen molar-refractivity contribution in [3.8, 4) is 0 Å². The van der Waals surface area contributed by atoms with Crippen LogP contribution in [0.1, 0.15) is 51.9 Å². The van der Waals surface area contributed by atoms with Crippen LogP contribution in [0.25, 0.3) is 5.65 Å². The van der Waals surface area contributed by atoms with Crippen molar-refractivity contribution >= 4 is 5.65 Å². The maximum absolute atomic E-state index is 4.69. The molecule has 0 N–H and O–H groups in total. The van der Waals surface area contributed by atoms with Gasteiger partial charge in [-0.2, -0.15) is 0 Å². The molecule has 0 aliphatic rings. The summed E-state index contributed by atoms with van der Waals surface area (Å²) in [6, 6.07) is 6.33. The Balaban J connectivity index is 2.66. The van der Waals surface area contributed by atoms with Crippen molar-refractivity contribution in [1.29, 1.82) is 0 Å². The van der Waals surface area contributed by atoms with Gasteiger partial charge in [-0.15, -0.1) is 0 Å². The maximum atomic E-state index is 4.69. The van der Waals surface area contributed by atoms with Crippen molar-refractivity contribution in [2.24, 2.45) is 0 Å². The van der Waals surface area contributed by atoms with Crippen LogP contribution in [0.2, 0.25) is 0 Å². The summed E-state index contributed by atoms with van der Waals surface area (Å²) in [5, 5.41) is 0. The minimum absolute atomic E-state index is 0.111. The maximum Gasteiger partial charge on any atom is 0.137 e. The first-order valence-electron chi connectivity index (χ1n) is 5.88. The fourth-order valence-electron chi connectivity index (χ4n) is 1.86. The number of imidazole rings is 1. The highest BCUT2D eigenvalue weighted by atomic mass is 15.0. The van der Waals surface area contributed by atoms with E-state index in [1.807, 2.05) is 0 Å². The molecule has 0 atom stereocenters. The van der Waals surface area contributed by atoms with Crippen molar-refractivity contribution in [2.45, 2.75) is 46.0 Å². The van der Waals surface area contributed by atoms with Gasteiger partial charge in [0.05, 0.1) is 5.69 Å². The van der Waals surface area contributed by atoms with Gasteiger partial charge in [0.2, 0.25) is 0 Å². The smallest absolute Gasteiger partial charge is 0.137 e. The Kier molecular flexibility index (Phi) is 2.53. The molecule has 0 amide bonds. The zero-order valence-corrected chi connectivity index (χ0v) is 10.8. The van der Waals surface area contributed by atoms with Gasteiger partial charge in [-0.1, -0.05) is 40.7 Å². The lowest BCUT2D eigenvalue weighted by atomic mass is 9.93. The third-order valence-corrected chi connectivity index (χ3v) is 2.88. The lowest BCUT2D eigenvalue weighted by Gasteiger charge is -2.14. The monoisotopic (exact) mass is 216 g/mol. The molecule has 0 aliphatic carbocycles. The van der Waals surface area contributed by atoms with Crippen molar-refractivity contribution in [1.82, 2.24) is 9.38 Å². The standard InChI is InChI=1S/C14H20N2/c1-10(2)11-7-6-8-13-15-12(9-16(11)13)14(3,4)5/h6-10H,1-5H3. The van der Waals surface area contributed by atoms with Gasteiger partial charge >= 0.3 is 0 Å². The van der Waals surface area contributed by atoms with Crippen molar-refractivity contribution in [3.05, 3.63) is 35.8 Å². The van der Waals surface area contributed by atoms with Crippen LogP contribution in [0.15, 0.2) is 24.4 Å². The molecule has 0 saturated carbocycles. The first-order chi connectivity index (χ1) is 7.39. The fourth-order valence-corrected chi connectivity index (χ4v) is 1.86. The average molecular weight is 216 g/mol. The molecule has 0 unspecified atom stereocenters. The van der Waals surface area contributed by atoms with Crippen molar-refractivity contribution < 1.29 is 0 Å². The second-order valence-electron chi connectivity index (χ2n) is 5.71. The Morgan fingerprint density at radius 1 is 1.19 bits per heavy atom. The number of pyridine rings is 1. The Morgan fingerprint density at radius 2 is 1.88 bits per heavy atom. The summed E-state index contributed by atoms with van der Waals surface area (Å²) < 4.78 is 2.21. The van der Waals surface area contributed by atoms with Gasteiger partial charge in [-0.05, 0) is 18.1 Å². The second kappa shape index (κ2) is 3.62. The molecule has 0 bridgehead atoms. The first kappa shape index (κ1) is 11.2. The van der Waals surface area contributed by atoms with Gasteiger partial charge in [-0.25, -0.2) is 4.98 Å². The molecule has 2 aromatic heterocycles. The Hall–Kier alpha value is -1.31. The van der Waals surface area contributed by atoms with Gasteiger partial charge < -0.3 is 4.40 Å². The van der Waals surface area contributed by atoms with Gasteiger partial charge in [0.15, 0.2) is 0 Å². The highest BCUT2D eigenvalue weighted by molar-refractivity contribution is 5.43. The zero-order valence-electron chi connectivity index (χ0n) is 10.8. The van der Waals surface area contributed by atoms with E-state index >= 15 is 0 Å². The van der Waals surface area contributed by atoms with E-state index in [0.717, 1.165) is 11.3 Å². The molecule has 0 spiro atoms. The molecule has 0 aromatic carbocycles. The molecule has 0 aliphatic heterocycles. The largest absolute Gasteiger partial charge is 0.304 e. The topological polar surface area (TPSA) is 17.3 Å². The van der Waals surface area contributed by atoms with Crippen LogP contribution >= 0.6 is 0 Å². The van der Waals surface area contributed by atoms with Crippen molar-refractivity contribution in [2.75, 3.05) is 0 Å². The molecule has 0 saturated heterocycles. The molecule has 2 aromatic rings. The van der Waals surface area contributed by atoms with Gasteiger partial charge in [0, 0.05) is 17.3 Å². The minimum Gasteiger partial charge on any atom is -0.304 e. The van der Waals surface area contributed by atoms with Crippen LogP contribution in [0.4, 0.5) is 0 Å². The van der Waals surface area contributed by atoms with Crippen molar-refractivity contribution in [3.63, 3.8) is 0 Å². The zero-order chi connectivity index (χ0) is 11.9.